The van der Waals surface area contributed by atoms with Crippen LogP contribution in [0.1, 0.15) is 65.0 Å². The Labute approximate surface area is 199 Å². The number of hydrogen-bond donors (Lipinski definition) is 1. The second-order valence-corrected chi connectivity index (χ2v) is 9.73. The van der Waals surface area contributed by atoms with Crippen LogP contribution < -0.4 is 5.32 Å². The third kappa shape index (κ3) is 5.96. The van der Waals surface area contributed by atoms with Gasteiger partial charge in [-0.25, -0.2) is 4.79 Å². The molecule has 0 aromatic heterocycles. The summed E-state index contributed by atoms with van der Waals surface area (Å²) in [6.45, 7) is 12.0. The molecule has 3 rings (SSSR count). The number of rotatable bonds is 9. The molecule has 0 aliphatic carbocycles. The summed E-state index contributed by atoms with van der Waals surface area (Å²) < 4.78 is 5.53. The zero-order valence-electron chi connectivity index (χ0n) is 20.8. The summed E-state index contributed by atoms with van der Waals surface area (Å²) in [7, 11) is 0. The van der Waals surface area contributed by atoms with Crippen LogP contribution in [0.4, 0.5) is 4.79 Å². The second kappa shape index (κ2) is 11.2. The van der Waals surface area contributed by atoms with Crippen molar-refractivity contribution in [3.63, 3.8) is 0 Å². The average molecular weight is 453 g/mol. The lowest BCUT2D eigenvalue weighted by Gasteiger charge is -2.59. The van der Waals surface area contributed by atoms with Crippen molar-refractivity contribution >= 4 is 6.09 Å². The van der Waals surface area contributed by atoms with E-state index in [4.69, 9.17) is 9.57 Å². The van der Waals surface area contributed by atoms with Gasteiger partial charge in [0.05, 0.1) is 6.61 Å². The number of amides is 1. The maximum absolute atomic E-state index is 12.7. The normalized spacial score (nSPS) is 27.8. The third-order valence-electron chi connectivity index (χ3n) is 7.65. The molecular formula is C28H40N2O3. The molecule has 180 valence electrons. The van der Waals surface area contributed by atoms with Crippen LogP contribution in [-0.4, -0.2) is 34.9 Å². The van der Waals surface area contributed by atoms with Crippen molar-refractivity contribution in [2.45, 2.75) is 84.0 Å². The van der Waals surface area contributed by atoms with Crippen LogP contribution in [0.25, 0.3) is 0 Å². The molecule has 1 heterocycles. The van der Waals surface area contributed by atoms with Crippen molar-refractivity contribution < 1.29 is 14.4 Å². The van der Waals surface area contributed by atoms with E-state index >= 15 is 0 Å². The number of carbonyl (C=O) groups is 1. The Hall–Kier alpha value is -2.37. The summed E-state index contributed by atoms with van der Waals surface area (Å²) in [6, 6.07) is 20.2. The minimum absolute atomic E-state index is 0.0112. The van der Waals surface area contributed by atoms with Gasteiger partial charge in [-0.05, 0) is 56.6 Å². The molecule has 1 N–H and O–H groups in total. The van der Waals surface area contributed by atoms with Crippen molar-refractivity contribution in [1.29, 1.82) is 0 Å². The highest BCUT2D eigenvalue weighted by atomic mass is 16.7. The predicted octanol–water partition coefficient (Wildman–Crippen LogP) is 6.13. The third-order valence-corrected chi connectivity index (χ3v) is 7.65. The summed E-state index contributed by atoms with van der Waals surface area (Å²) >= 11 is 0. The minimum Gasteiger partial charge on any atom is -0.445 e. The minimum atomic E-state index is -0.356. The first-order chi connectivity index (χ1) is 15.8. The lowest BCUT2D eigenvalue weighted by molar-refractivity contribution is -0.306. The molecule has 1 aliphatic rings. The van der Waals surface area contributed by atoms with Crippen LogP contribution in [0.3, 0.4) is 0 Å². The van der Waals surface area contributed by atoms with Gasteiger partial charge in [0.2, 0.25) is 0 Å². The number of benzene rings is 2. The van der Waals surface area contributed by atoms with Gasteiger partial charge in [0.1, 0.15) is 6.61 Å². The fourth-order valence-corrected chi connectivity index (χ4v) is 5.02. The Morgan fingerprint density at radius 2 is 1.61 bits per heavy atom. The zero-order valence-corrected chi connectivity index (χ0v) is 20.8. The molecule has 1 amide bonds. The molecular weight excluding hydrogens is 412 g/mol. The van der Waals surface area contributed by atoms with Gasteiger partial charge in [-0.1, -0.05) is 81.4 Å². The molecule has 1 aliphatic heterocycles. The molecule has 0 radical (unpaired) electrons. The summed E-state index contributed by atoms with van der Waals surface area (Å²) in [5.74, 6) is 0.197. The Morgan fingerprint density at radius 1 is 1.00 bits per heavy atom. The first-order valence-corrected chi connectivity index (χ1v) is 12.3. The van der Waals surface area contributed by atoms with E-state index < -0.39 is 0 Å². The van der Waals surface area contributed by atoms with Crippen LogP contribution in [0.2, 0.25) is 0 Å². The standard InChI is InChI=1S/C28H40N2O3/c1-6-27(4)20-25(29-26(31)32-21-24-16-12-9-13-17-24)22(3)28(5,7-2)30(27)33-19-18-23-14-10-8-11-15-23/h8-17,22,25H,6-7,18-21H2,1-5H3,(H,29,31). The maximum atomic E-state index is 12.7. The van der Waals surface area contributed by atoms with E-state index in [9.17, 15) is 4.79 Å². The van der Waals surface area contributed by atoms with Crippen LogP contribution in [-0.2, 0) is 22.6 Å². The Balaban J connectivity index is 1.67. The van der Waals surface area contributed by atoms with Crippen LogP contribution in [0, 0.1) is 5.92 Å². The molecule has 1 fully saturated rings. The van der Waals surface area contributed by atoms with Gasteiger partial charge in [-0.15, -0.1) is 0 Å². The van der Waals surface area contributed by atoms with Crippen LogP contribution in [0.5, 0.6) is 0 Å². The monoisotopic (exact) mass is 452 g/mol. The number of carbonyl (C=O) groups excluding carboxylic acids is 1. The molecule has 0 saturated carbocycles. The zero-order chi connectivity index (χ0) is 23.9. The van der Waals surface area contributed by atoms with Crippen LogP contribution in [0.15, 0.2) is 60.7 Å². The molecule has 5 heteroatoms. The molecule has 33 heavy (non-hydrogen) atoms. The fourth-order valence-electron chi connectivity index (χ4n) is 5.02. The molecule has 4 atom stereocenters. The Morgan fingerprint density at radius 3 is 2.18 bits per heavy atom. The van der Waals surface area contributed by atoms with Crippen molar-refractivity contribution in [3.8, 4) is 0 Å². The molecule has 1 saturated heterocycles. The quantitative estimate of drug-likeness (QED) is 0.497. The summed E-state index contributed by atoms with van der Waals surface area (Å²) in [4.78, 5) is 19.2. The molecule has 2 aromatic carbocycles. The van der Waals surface area contributed by atoms with Gasteiger partial charge in [0, 0.05) is 17.1 Å². The van der Waals surface area contributed by atoms with Gasteiger partial charge in [0.25, 0.3) is 0 Å². The Kier molecular flexibility index (Phi) is 8.55. The van der Waals surface area contributed by atoms with Crippen molar-refractivity contribution in [3.05, 3.63) is 71.8 Å². The van der Waals surface area contributed by atoms with E-state index in [1.807, 2.05) is 36.4 Å². The predicted molar refractivity (Wildman–Crippen MR) is 133 cm³/mol. The van der Waals surface area contributed by atoms with Crippen molar-refractivity contribution in [1.82, 2.24) is 10.4 Å². The van der Waals surface area contributed by atoms with Crippen molar-refractivity contribution in [2.75, 3.05) is 6.61 Å². The van der Waals surface area contributed by atoms with Gasteiger partial charge in [0.15, 0.2) is 0 Å². The lowest BCUT2D eigenvalue weighted by atomic mass is 9.68. The van der Waals surface area contributed by atoms with E-state index in [0.717, 1.165) is 31.2 Å². The lowest BCUT2D eigenvalue weighted by Crippen LogP contribution is -2.70. The van der Waals surface area contributed by atoms with Gasteiger partial charge < -0.3 is 10.1 Å². The van der Waals surface area contributed by atoms with Crippen LogP contribution >= 0.6 is 0 Å². The van der Waals surface area contributed by atoms with E-state index in [0.29, 0.717) is 6.61 Å². The summed E-state index contributed by atoms with van der Waals surface area (Å²) in [6.07, 6.45) is 3.18. The number of ether oxygens (including phenoxy) is 1. The number of nitrogens with one attached hydrogen (secondary N) is 1. The molecule has 5 nitrogen and oxygen atoms in total. The largest absolute Gasteiger partial charge is 0.445 e. The van der Waals surface area contributed by atoms with Gasteiger partial charge >= 0.3 is 6.09 Å². The molecule has 0 bridgehead atoms. The highest BCUT2D eigenvalue weighted by Gasteiger charge is 2.54. The van der Waals surface area contributed by atoms with E-state index in [1.165, 1.54) is 5.56 Å². The highest BCUT2D eigenvalue weighted by Crippen LogP contribution is 2.45. The van der Waals surface area contributed by atoms with E-state index in [2.05, 4.69) is 69.3 Å². The van der Waals surface area contributed by atoms with Gasteiger partial charge in [-0.2, -0.15) is 5.06 Å². The summed E-state index contributed by atoms with van der Waals surface area (Å²) in [5, 5.41) is 5.43. The Bertz CT molecular complexity index is 875. The SMILES string of the molecule is CCC1(C)CC(NC(=O)OCc2ccccc2)C(C)C(C)(CC)N1OCCc1ccccc1. The van der Waals surface area contributed by atoms with E-state index in [1.54, 1.807) is 0 Å². The average Bonchev–Trinajstić information content (AvgIpc) is 2.84. The topological polar surface area (TPSA) is 50.8 Å². The second-order valence-electron chi connectivity index (χ2n) is 9.73. The fraction of sp³-hybridized carbons (Fsp3) is 0.536. The smallest absolute Gasteiger partial charge is 0.407 e. The molecule has 4 unspecified atom stereocenters. The van der Waals surface area contributed by atoms with E-state index in [-0.39, 0.29) is 35.7 Å². The van der Waals surface area contributed by atoms with Gasteiger partial charge in [-0.3, -0.25) is 4.84 Å². The first kappa shape index (κ1) is 25.3. The first-order valence-electron chi connectivity index (χ1n) is 12.3. The summed E-state index contributed by atoms with van der Waals surface area (Å²) in [5.41, 5.74) is 1.86. The molecule has 2 aromatic rings. The molecule has 0 spiro atoms. The number of hydroxylamine groups is 2. The highest BCUT2D eigenvalue weighted by molar-refractivity contribution is 5.67. The number of alkyl carbamates (subject to hydrolysis) is 1. The number of piperidine rings is 1. The maximum Gasteiger partial charge on any atom is 0.407 e. The number of hydrogen-bond acceptors (Lipinski definition) is 4. The number of nitrogens with zero attached hydrogens (tertiary/aromatic N) is 1. The van der Waals surface area contributed by atoms with Crippen molar-refractivity contribution in [2.24, 2.45) is 5.92 Å².